The molecule has 3 rings (SSSR count). The first-order valence-corrected chi connectivity index (χ1v) is 7.62. The molecular weight excluding hydrogens is 264 g/mol. The van der Waals surface area contributed by atoms with Crippen molar-refractivity contribution in [1.82, 2.24) is 15.0 Å². The molecule has 0 atom stereocenters. The minimum absolute atomic E-state index is 0.440. The van der Waals surface area contributed by atoms with E-state index in [0.717, 1.165) is 17.1 Å². The van der Waals surface area contributed by atoms with E-state index in [1.165, 1.54) is 37.8 Å². The molecular formula is C16H22N4O. The van der Waals surface area contributed by atoms with E-state index in [-0.39, 0.29) is 0 Å². The molecule has 2 aromatic rings. The summed E-state index contributed by atoms with van der Waals surface area (Å²) in [5.74, 6) is 1.34. The van der Waals surface area contributed by atoms with Crippen LogP contribution in [-0.4, -0.2) is 22.1 Å². The van der Waals surface area contributed by atoms with Crippen molar-refractivity contribution >= 4 is 0 Å². The van der Waals surface area contributed by atoms with Gasteiger partial charge in [0.25, 0.3) is 0 Å². The van der Waals surface area contributed by atoms with E-state index in [0.29, 0.717) is 12.5 Å². The summed E-state index contributed by atoms with van der Waals surface area (Å²) in [7, 11) is 1.67. The molecule has 0 spiro atoms. The van der Waals surface area contributed by atoms with Crippen LogP contribution in [0.15, 0.2) is 24.3 Å². The number of rotatable bonds is 4. The van der Waals surface area contributed by atoms with Crippen LogP contribution in [0.25, 0.3) is 5.69 Å². The average Bonchev–Trinajstić information content (AvgIpc) is 2.99. The number of nitrogens with zero attached hydrogens (tertiary/aromatic N) is 3. The molecule has 0 aliphatic heterocycles. The van der Waals surface area contributed by atoms with Crippen LogP contribution >= 0.6 is 0 Å². The number of benzene rings is 1. The second-order valence-corrected chi connectivity index (χ2v) is 5.57. The molecule has 1 aromatic heterocycles. The van der Waals surface area contributed by atoms with Crippen LogP contribution in [-0.2, 0) is 6.54 Å². The van der Waals surface area contributed by atoms with Gasteiger partial charge in [-0.25, -0.2) is 4.68 Å². The van der Waals surface area contributed by atoms with Gasteiger partial charge in [0, 0.05) is 18.5 Å². The molecule has 0 unspecified atom stereocenters. The summed E-state index contributed by atoms with van der Waals surface area (Å²) in [6, 6.07) is 7.93. The summed E-state index contributed by atoms with van der Waals surface area (Å²) in [5.41, 5.74) is 8.96. The van der Waals surface area contributed by atoms with Crippen LogP contribution in [0.2, 0.25) is 0 Å². The third-order valence-corrected chi connectivity index (χ3v) is 4.26. The molecule has 112 valence electrons. The van der Waals surface area contributed by atoms with Gasteiger partial charge in [0.2, 0.25) is 0 Å². The second kappa shape index (κ2) is 6.26. The lowest BCUT2D eigenvalue weighted by molar-refractivity contribution is 0.413. The highest BCUT2D eigenvalue weighted by Gasteiger charge is 2.24. The lowest BCUT2D eigenvalue weighted by atomic mass is 9.86. The maximum atomic E-state index is 5.86. The quantitative estimate of drug-likeness (QED) is 0.938. The van der Waals surface area contributed by atoms with Crippen LogP contribution in [0, 0.1) is 0 Å². The Kier molecular flexibility index (Phi) is 4.20. The number of methoxy groups -OCH3 is 1. The van der Waals surface area contributed by atoms with Crippen molar-refractivity contribution in [3.8, 4) is 11.4 Å². The minimum Gasteiger partial charge on any atom is -0.497 e. The van der Waals surface area contributed by atoms with Crippen LogP contribution in [0.5, 0.6) is 5.75 Å². The molecule has 2 N–H and O–H groups in total. The van der Waals surface area contributed by atoms with Gasteiger partial charge in [-0.3, -0.25) is 0 Å². The van der Waals surface area contributed by atoms with Gasteiger partial charge >= 0.3 is 0 Å². The smallest absolute Gasteiger partial charge is 0.121 e. The number of ether oxygens (including phenoxy) is 1. The molecule has 1 heterocycles. The highest BCUT2D eigenvalue weighted by Crippen LogP contribution is 2.35. The lowest BCUT2D eigenvalue weighted by Gasteiger charge is -2.23. The van der Waals surface area contributed by atoms with Gasteiger partial charge in [-0.05, 0) is 25.0 Å². The molecule has 0 radical (unpaired) electrons. The van der Waals surface area contributed by atoms with Crippen LogP contribution in [0.1, 0.15) is 49.4 Å². The summed E-state index contributed by atoms with van der Waals surface area (Å²) >= 11 is 0. The normalized spacial score (nSPS) is 16.1. The Balaban J connectivity index is 2.03. The zero-order chi connectivity index (χ0) is 14.7. The predicted molar refractivity (Wildman–Crippen MR) is 81.6 cm³/mol. The van der Waals surface area contributed by atoms with Gasteiger partial charge in [0.15, 0.2) is 0 Å². The minimum atomic E-state index is 0.440. The predicted octanol–water partition coefficient (Wildman–Crippen LogP) is 2.78. The molecule has 0 bridgehead atoms. The SMILES string of the molecule is COc1cccc(-n2nnc(CN)c2C2CCCCC2)c1. The van der Waals surface area contributed by atoms with Gasteiger partial charge in [-0.1, -0.05) is 30.5 Å². The average molecular weight is 286 g/mol. The van der Waals surface area contributed by atoms with Crippen LogP contribution < -0.4 is 10.5 Å². The summed E-state index contributed by atoms with van der Waals surface area (Å²) in [6.07, 6.45) is 6.28. The van der Waals surface area contributed by atoms with E-state index < -0.39 is 0 Å². The third-order valence-electron chi connectivity index (χ3n) is 4.26. The Bertz CT molecular complexity index is 602. The second-order valence-electron chi connectivity index (χ2n) is 5.57. The van der Waals surface area contributed by atoms with Crippen molar-refractivity contribution in [2.75, 3.05) is 7.11 Å². The largest absolute Gasteiger partial charge is 0.497 e. The van der Waals surface area contributed by atoms with Gasteiger partial charge in [0.05, 0.1) is 18.5 Å². The Morgan fingerprint density at radius 3 is 2.81 bits per heavy atom. The zero-order valence-electron chi connectivity index (χ0n) is 12.5. The Labute approximate surface area is 125 Å². The number of nitrogens with two attached hydrogens (primary N) is 1. The highest BCUT2D eigenvalue weighted by molar-refractivity contribution is 5.40. The Morgan fingerprint density at radius 1 is 1.29 bits per heavy atom. The highest BCUT2D eigenvalue weighted by atomic mass is 16.5. The van der Waals surface area contributed by atoms with E-state index in [9.17, 15) is 0 Å². The van der Waals surface area contributed by atoms with E-state index in [1.807, 2.05) is 28.9 Å². The molecule has 1 saturated carbocycles. The fourth-order valence-corrected chi connectivity index (χ4v) is 3.18. The zero-order valence-corrected chi connectivity index (χ0v) is 12.5. The number of hydrogen-bond acceptors (Lipinski definition) is 4. The van der Waals surface area contributed by atoms with E-state index in [4.69, 9.17) is 10.5 Å². The van der Waals surface area contributed by atoms with Gasteiger partial charge in [0.1, 0.15) is 11.4 Å². The van der Waals surface area contributed by atoms with Gasteiger partial charge < -0.3 is 10.5 Å². The monoisotopic (exact) mass is 286 g/mol. The molecule has 5 nitrogen and oxygen atoms in total. The standard InChI is InChI=1S/C16H22N4O/c1-21-14-9-5-8-13(10-14)20-16(15(11-17)18-19-20)12-6-3-2-4-7-12/h5,8-10,12H,2-4,6-7,11,17H2,1H3. The molecule has 1 aliphatic rings. The summed E-state index contributed by atoms with van der Waals surface area (Å²) in [5, 5.41) is 8.63. The maximum absolute atomic E-state index is 5.86. The van der Waals surface area contributed by atoms with Crippen LogP contribution in [0.4, 0.5) is 0 Å². The van der Waals surface area contributed by atoms with Crippen molar-refractivity contribution in [3.63, 3.8) is 0 Å². The van der Waals surface area contributed by atoms with Crippen molar-refractivity contribution < 1.29 is 4.74 Å². The number of aromatic nitrogens is 3. The van der Waals surface area contributed by atoms with Crippen molar-refractivity contribution in [3.05, 3.63) is 35.7 Å². The topological polar surface area (TPSA) is 66.0 Å². The van der Waals surface area contributed by atoms with E-state index in [1.54, 1.807) is 7.11 Å². The molecule has 0 saturated heterocycles. The van der Waals surface area contributed by atoms with Crippen molar-refractivity contribution in [2.24, 2.45) is 5.73 Å². The fourth-order valence-electron chi connectivity index (χ4n) is 3.18. The number of hydrogen-bond donors (Lipinski definition) is 1. The molecule has 1 aliphatic carbocycles. The molecule has 1 aromatic carbocycles. The van der Waals surface area contributed by atoms with Crippen LogP contribution in [0.3, 0.4) is 0 Å². The Morgan fingerprint density at radius 2 is 2.10 bits per heavy atom. The first-order chi connectivity index (χ1) is 10.3. The van der Waals surface area contributed by atoms with Gasteiger partial charge in [-0.2, -0.15) is 0 Å². The molecule has 5 heteroatoms. The fraction of sp³-hybridized carbons (Fsp3) is 0.500. The lowest BCUT2D eigenvalue weighted by Crippen LogP contribution is -2.14. The Hall–Kier alpha value is -1.88. The van der Waals surface area contributed by atoms with Gasteiger partial charge in [-0.15, -0.1) is 5.10 Å². The summed E-state index contributed by atoms with van der Waals surface area (Å²) in [6.45, 7) is 0.440. The molecule has 21 heavy (non-hydrogen) atoms. The van der Waals surface area contributed by atoms with E-state index in [2.05, 4.69) is 10.3 Å². The van der Waals surface area contributed by atoms with Crippen molar-refractivity contribution in [2.45, 2.75) is 44.6 Å². The summed E-state index contributed by atoms with van der Waals surface area (Å²) < 4.78 is 7.25. The third kappa shape index (κ3) is 2.78. The summed E-state index contributed by atoms with van der Waals surface area (Å²) in [4.78, 5) is 0. The molecule has 1 fully saturated rings. The first kappa shape index (κ1) is 14.1. The maximum Gasteiger partial charge on any atom is 0.121 e. The first-order valence-electron chi connectivity index (χ1n) is 7.62. The molecule has 0 amide bonds. The van der Waals surface area contributed by atoms with E-state index >= 15 is 0 Å². The van der Waals surface area contributed by atoms with Crippen molar-refractivity contribution in [1.29, 1.82) is 0 Å².